The molecule has 0 aliphatic heterocycles. The first-order chi connectivity index (χ1) is 21.1. The molecule has 0 spiro atoms. The van der Waals surface area contributed by atoms with Crippen molar-refractivity contribution in [3.63, 3.8) is 0 Å². The fraction of sp³-hybridized carbons (Fsp3) is 0.0588. The summed E-state index contributed by atoms with van der Waals surface area (Å²) in [6.45, 7) is 4.00. The van der Waals surface area contributed by atoms with Crippen molar-refractivity contribution in [3.8, 4) is 23.0 Å². The minimum absolute atomic E-state index is 0. The van der Waals surface area contributed by atoms with Gasteiger partial charge in [-0.2, -0.15) is 0 Å². The van der Waals surface area contributed by atoms with Crippen LogP contribution < -0.4 is 0 Å². The van der Waals surface area contributed by atoms with E-state index in [0.717, 1.165) is 32.7 Å². The second kappa shape index (κ2) is 14.4. The van der Waals surface area contributed by atoms with E-state index in [1.54, 1.807) is 24.3 Å². The fourth-order valence-corrected chi connectivity index (χ4v) is 4.75. The molecule has 0 fully saturated rings. The van der Waals surface area contributed by atoms with E-state index >= 15 is 0 Å². The van der Waals surface area contributed by atoms with Gasteiger partial charge in [0, 0.05) is 37.9 Å². The third kappa shape index (κ3) is 7.90. The Morgan fingerprint density at radius 3 is 1.22 bits per heavy atom. The maximum absolute atomic E-state index is 10.0. The predicted octanol–water partition coefficient (Wildman–Crippen LogP) is 11.3. The summed E-state index contributed by atoms with van der Waals surface area (Å²) in [4.78, 5) is 0. The maximum Gasteiger partial charge on any atom is 0.143 e. The van der Waals surface area contributed by atoms with Gasteiger partial charge in [-0.3, -0.25) is 0 Å². The Morgan fingerprint density at radius 2 is 0.822 bits per heavy atom. The zero-order chi connectivity index (χ0) is 31.4. The van der Waals surface area contributed by atoms with Crippen molar-refractivity contribution < 1.29 is 37.5 Å². The Hall–Kier alpha value is -4.66. The van der Waals surface area contributed by atoms with Gasteiger partial charge in [0.15, 0.2) is 0 Å². The van der Waals surface area contributed by atoms with Crippen molar-refractivity contribution in [3.05, 3.63) is 118 Å². The van der Waals surface area contributed by atoms with Crippen LogP contribution in [-0.4, -0.2) is 20.4 Å². The summed E-state index contributed by atoms with van der Waals surface area (Å²) in [7, 11) is 0. The molecule has 8 nitrogen and oxygen atoms in total. The van der Waals surface area contributed by atoms with Crippen LogP contribution in [0.2, 0.25) is 10.0 Å². The standard InChI is InChI=1S/2C17H13ClN2O2.Fe/c2*1-10-2-5-13-11(8-10)3-6-16(22)17(13)20-19-14-9-12(18)4-7-15(14)21;/h2*2-9,21-22H,1H3;. The molecule has 0 aromatic heterocycles. The molecule has 0 saturated heterocycles. The monoisotopic (exact) mass is 680 g/mol. The van der Waals surface area contributed by atoms with Crippen molar-refractivity contribution in [2.75, 3.05) is 0 Å². The molecule has 0 saturated carbocycles. The molecule has 6 rings (SSSR count). The van der Waals surface area contributed by atoms with Crippen LogP contribution in [0.3, 0.4) is 0 Å². The zero-order valence-electron chi connectivity index (χ0n) is 23.9. The number of azo groups is 2. The van der Waals surface area contributed by atoms with Gasteiger partial charge in [0.25, 0.3) is 0 Å². The number of hydrogen-bond acceptors (Lipinski definition) is 8. The minimum Gasteiger partial charge on any atom is -0.506 e. The molecule has 0 bridgehead atoms. The molecule has 11 heteroatoms. The zero-order valence-corrected chi connectivity index (χ0v) is 26.5. The number of nitrogens with zero attached hydrogens (tertiary/aromatic N) is 4. The molecule has 4 N–H and O–H groups in total. The van der Waals surface area contributed by atoms with Gasteiger partial charge in [-0.1, -0.05) is 82.9 Å². The number of rotatable bonds is 4. The summed E-state index contributed by atoms with van der Waals surface area (Å²) in [5.74, 6) is 0.00989. The Morgan fingerprint density at radius 1 is 0.444 bits per heavy atom. The molecule has 6 aromatic rings. The van der Waals surface area contributed by atoms with Gasteiger partial charge in [-0.25, -0.2) is 0 Å². The summed E-state index contributed by atoms with van der Waals surface area (Å²) in [6, 6.07) is 27.5. The van der Waals surface area contributed by atoms with Crippen LogP contribution in [0.25, 0.3) is 21.5 Å². The summed E-state index contributed by atoms with van der Waals surface area (Å²) >= 11 is 11.8. The van der Waals surface area contributed by atoms with Crippen LogP contribution in [-0.2, 0) is 17.1 Å². The van der Waals surface area contributed by atoms with E-state index < -0.39 is 0 Å². The molecule has 0 radical (unpaired) electrons. The summed E-state index contributed by atoms with van der Waals surface area (Å²) < 4.78 is 0. The van der Waals surface area contributed by atoms with E-state index in [0.29, 0.717) is 21.4 Å². The van der Waals surface area contributed by atoms with E-state index in [9.17, 15) is 20.4 Å². The normalized spacial score (nSPS) is 11.1. The van der Waals surface area contributed by atoms with E-state index in [1.807, 2.05) is 62.4 Å². The molecular formula is C34H26Cl2FeN4O4. The van der Waals surface area contributed by atoms with Gasteiger partial charge < -0.3 is 20.4 Å². The first kappa shape index (κ1) is 33.2. The minimum atomic E-state index is -0.0243. The molecule has 0 heterocycles. The Bertz CT molecular complexity index is 1940. The van der Waals surface area contributed by atoms with Crippen LogP contribution in [0.1, 0.15) is 11.1 Å². The van der Waals surface area contributed by atoms with Crippen molar-refractivity contribution in [2.45, 2.75) is 13.8 Å². The van der Waals surface area contributed by atoms with E-state index in [2.05, 4.69) is 20.5 Å². The molecular weight excluding hydrogens is 655 g/mol. The number of benzene rings is 6. The van der Waals surface area contributed by atoms with Crippen molar-refractivity contribution in [2.24, 2.45) is 20.5 Å². The largest absolute Gasteiger partial charge is 0.506 e. The molecule has 0 unspecified atom stereocenters. The average molecular weight is 681 g/mol. The number of aromatic hydroxyl groups is 4. The number of phenols is 4. The molecule has 6 aromatic carbocycles. The smallest absolute Gasteiger partial charge is 0.143 e. The number of halogens is 2. The third-order valence-electron chi connectivity index (χ3n) is 6.64. The Kier molecular flexibility index (Phi) is 10.6. The molecule has 45 heavy (non-hydrogen) atoms. The van der Waals surface area contributed by atoms with Crippen LogP contribution in [0.15, 0.2) is 118 Å². The first-order valence-electron chi connectivity index (χ1n) is 13.3. The molecule has 0 atom stereocenters. The van der Waals surface area contributed by atoms with Gasteiger partial charge in [0.2, 0.25) is 0 Å². The van der Waals surface area contributed by atoms with Crippen LogP contribution >= 0.6 is 23.2 Å². The van der Waals surface area contributed by atoms with Crippen LogP contribution in [0, 0.1) is 13.8 Å². The van der Waals surface area contributed by atoms with E-state index in [4.69, 9.17) is 23.2 Å². The number of aryl methyl sites for hydroxylation is 2. The van der Waals surface area contributed by atoms with Gasteiger partial charge in [-0.15, -0.1) is 20.5 Å². The number of hydrogen-bond donors (Lipinski definition) is 4. The Balaban J connectivity index is 0.000000200. The summed E-state index contributed by atoms with van der Waals surface area (Å²) in [5.41, 5.74) is 3.45. The summed E-state index contributed by atoms with van der Waals surface area (Å²) in [5, 5.41) is 60.2. The summed E-state index contributed by atoms with van der Waals surface area (Å²) in [6.07, 6.45) is 0. The second-order valence-corrected chi connectivity index (χ2v) is 10.9. The Labute approximate surface area is 279 Å². The SMILES string of the molecule is Cc1ccc2c(N=Nc3cc(Cl)ccc3O)c(O)ccc2c1.Cc1ccc2c(N=Nc3cc(Cl)ccc3O)c(O)ccc2c1.[Fe]. The van der Waals surface area contributed by atoms with Crippen molar-refractivity contribution in [1.29, 1.82) is 0 Å². The van der Waals surface area contributed by atoms with Crippen molar-refractivity contribution in [1.82, 2.24) is 0 Å². The molecule has 228 valence electrons. The third-order valence-corrected chi connectivity index (χ3v) is 7.11. The fourth-order valence-electron chi connectivity index (χ4n) is 4.41. The van der Waals surface area contributed by atoms with Gasteiger partial charge in [0.1, 0.15) is 45.7 Å². The average Bonchev–Trinajstić information content (AvgIpc) is 3.00. The second-order valence-electron chi connectivity index (χ2n) is 9.98. The van der Waals surface area contributed by atoms with Crippen molar-refractivity contribution >= 4 is 67.5 Å². The van der Waals surface area contributed by atoms with E-state index in [1.165, 1.54) is 24.3 Å². The van der Waals surface area contributed by atoms with Gasteiger partial charge in [0.05, 0.1) is 0 Å². The predicted molar refractivity (Wildman–Crippen MR) is 175 cm³/mol. The molecule has 0 aliphatic carbocycles. The van der Waals surface area contributed by atoms with E-state index in [-0.39, 0.29) is 51.4 Å². The van der Waals surface area contributed by atoms with Crippen LogP contribution in [0.5, 0.6) is 23.0 Å². The molecule has 0 amide bonds. The number of fused-ring (bicyclic) bond motifs is 2. The first-order valence-corrected chi connectivity index (χ1v) is 14.1. The van der Waals surface area contributed by atoms with Crippen LogP contribution in [0.4, 0.5) is 22.7 Å². The quantitative estimate of drug-likeness (QED) is 0.109. The van der Waals surface area contributed by atoms with Gasteiger partial charge >= 0.3 is 0 Å². The van der Waals surface area contributed by atoms with Gasteiger partial charge in [-0.05, 0) is 73.2 Å². The molecule has 0 aliphatic rings. The number of phenolic OH excluding ortho intramolecular Hbond substituents is 4. The maximum atomic E-state index is 10.0. The topological polar surface area (TPSA) is 130 Å².